The fraction of sp³-hybridized carbons (Fsp3) is 0.667. The van der Waals surface area contributed by atoms with Crippen molar-refractivity contribution in [2.75, 3.05) is 6.26 Å². The van der Waals surface area contributed by atoms with Gasteiger partial charge in [0.05, 0.1) is 0 Å². The number of fused-ring (bicyclic) bond motifs is 1. The molecule has 2 heterocycles. The zero-order valence-corrected chi connectivity index (χ0v) is 10.8. The van der Waals surface area contributed by atoms with Crippen LogP contribution >= 0.6 is 23.7 Å². The van der Waals surface area contributed by atoms with Gasteiger partial charge in [-0.25, -0.2) is 9.19 Å². The largest absolute Gasteiger partial charge is 0.480 e. The van der Waals surface area contributed by atoms with Gasteiger partial charge >= 0.3 is 5.97 Å². The predicted octanol–water partition coefficient (Wildman–Crippen LogP) is 0.852. The van der Waals surface area contributed by atoms with Crippen LogP contribution in [0.5, 0.6) is 0 Å². The predicted molar refractivity (Wildman–Crippen MR) is 64.7 cm³/mol. The fourth-order valence-corrected chi connectivity index (χ4v) is 4.02. The summed E-state index contributed by atoms with van der Waals surface area (Å²) in [4.78, 5) is 24.3. The van der Waals surface area contributed by atoms with Gasteiger partial charge in [-0.3, -0.25) is 4.79 Å². The van der Waals surface area contributed by atoms with E-state index in [9.17, 15) is 9.59 Å². The number of carbonyl (C=O) groups excluding carboxylic acids is 1. The van der Waals surface area contributed by atoms with E-state index in [1.807, 2.05) is 13.8 Å². The van der Waals surface area contributed by atoms with Crippen molar-refractivity contribution in [1.29, 1.82) is 0 Å². The van der Waals surface area contributed by atoms with Gasteiger partial charge in [-0.15, -0.1) is 11.8 Å². The summed E-state index contributed by atoms with van der Waals surface area (Å²) < 4.78 is 3.57. The first-order valence-electron chi connectivity index (χ1n) is 4.74. The lowest BCUT2D eigenvalue weighted by molar-refractivity contribution is -0.150. The van der Waals surface area contributed by atoms with Crippen molar-refractivity contribution in [3.63, 3.8) is 0 Å². The number of thioether (sulfide) groups is 1. The van der Waals surface area contributed by atoms with Crippen LogP contribution in [-0.2, 0) is 9.59 Å². The maximum absolute atomic E-state index is 11.7. The first kappa shape index (κ1) is 11.8. The van der Waals surface area contributed by atoms with Gasteiger partial charge in [0, 0.05) is 11.0 Å². The lowest BCUT2D eigenvalue weighted by Gasteiger charge is -2.37. The van der Waals surface area contributed by atoms with Crippen LogP contribution in [0.3, 0.4) is 0 Å². The quantitative estimate of drug-likeness (QED) is 0.589. The van der Waals surface area contributed by atoms with Crippen molar-refractivity contribution in [1.82, 2.24) is 4.90 Å². The van der Waals surface area contributed by atoms with Crippen molar-refractivity contribution < 1.29 is 14.7 Å². The molecule has 7 heteroatoms. The summed E-state index contributed by atoms with van der Waals surface area (Å²) in [7, 11) is 0. The van der Waals surface area contributed by atoms with Crippen molar-refractivity contribution in [2.45, 2.75) is 30.0 Å². The molecule has 2 fully saturated rings. The number of hydrogen-bond acceptors (Lipinski definition) is 5. The average Bonchev–Trinajstić information content (AvgIpc) is 2.43. The molecule has 88 valence electrons. The monoisotopic (exact) mass is 260 g/mol. The third kappa shape index (κ3) is 1.45. The standard InChI is InChI=1S/C9H12N2O3S2/c1-9(2)5(8(13)14)11-6(12)4(10-15-3)7(11)16-9/h5,7H,1-3H3,(H,13,14)/b10-4-. The van der Waals surface area contributed by atoms with E-state index in [0.29, 0.717) is 5.71 Å². The van der Waals surface area contributed by atoms with E-state index in [2.05, 4.69) is 4.40 Å². The van der Waals surface area contributed by atoms with E-state index in [1.54, 1.807) is 6.26 Å². The highest BCUT2D eigenvalue weighted by molar-refractivity contribution is 8.02. The summed E-state index contributed by atoms with van der Waals surface area (Å²) in [5.41, 5.74) is 0.481. The van der Waals surface area contributed by atoms with Crippen LogP contribution in [0.15, 0.2) is 4.40 Å². The van der Waals surface area contributed by atoms with Crippen LogP contribution in [0.4, 0.5) is 0 Å². The lowest BCUT2D eigenvalue weighted by Crippen LogP contribution is -2.63. The van der Waals surface area contributed by atoms with Crippen LogP contribution in [0.25, 0.3) is 0 Å². The summed E-state index contributed by atoms with van der Waals surface area (Å²) in [5, 5.41) is 8.97. The first-order chi connectivity index (χ1) is 7.40. The molecule has 0 aromatic carbocycles. The summed E-state index contributed by atoms with van der Waals surface area (Å²) >= 11 is 2.71. The minimum absolute atomic E-state index is 0.184. The topological polar surface area (TPSA) is 70.0 Å². The molecule has 2 rings (SSSR count). The van der Waals surface area contributed by atoms with Gasteiger partial charge in [-0.2, -0.15) is 0 Å². The Labute approximate surface area is 102 Å². The Morgan fingerprint density at radius 3 is 2.75 bits per heavy atom. The van der Waals surface area contributed by atoms with Crippen molar-refractivity contribution in [3.05, 3.63) is 0 Å². The minimum atomic E-state index is -0.948. The molecule has 2 unspecified atom stereocenters. The van der Waals surface area contributed by atoms with Gasteiger partial charge in [-0.1, -0.05) is 0 Å². The number of carboxylic acid groups (broad SMARTS) is 1. The molecule has 0 bridgehead atoms. The number of β-lactam (4-membered cyclic amide) rings is 1. The normalized spacial score (nSPS) is 33.8. The van der Waals surface area contributed by atoms with E-state index >= 15 is 0 Å². The minimum Gasteiger partial charge on any atom is -0.480 e. The Morgan fingerprint density at radius 2 is 2.25 bits per heavy atom. The number of hydrogen-bond donors (Lipinski definition) is 1. The van der Waals surface area contributed by atoms with E-state index in [4.69, 9.17) is 5.11 Å². The summed E-state index contributed by atoms with van der Waals surface area (Å²) in [5.74, 6) is -1.19. The molecule has 0 saturated carbocycles. The highest BCUT2D eigenvalue weighted by atomic mass is 32.2. The second kappa shape index (κ2) is 3.66. The summed E-state index contributed by atoms with van der Waals surface area (Å²) in [6, 6.07) is -0.754. The van der Waals surface area contributed by atoms with Gasteiger partial charge in [0.25, 0.3) is 5.91 Å². The van der Waals surface area contributed by atoms with E-state index in [-0.39, 0.29) is 11.3 Å². The number of aliphatic carboxylic acids is 1. The molecular weight excluding hydrogens is 248 g/mol. The van der Waals surface area contributed by atoms with Gasteiger partial charge in [0.1, 0.15) is 17.1 Å². The molecule has 2 atom stereocenters. The molecule has 1 N–H and O–H groups in total. The van der Waals surface area contributed by atoms with Crippen molar-refractivity contribution in [3.8, 4) is 0 Å². The Kier molecular flexibility index (Phi) is 2.70. The maximum Gasteiger partial charge on any atom is 0.327 e. The molecule has 0 radical (unpaired) electrons. The molecular formula is C9H12N2O3S2. The Hall–Kier alpha value is -0.690. The summed E-state index contributed by atoms with van der Waals surface area (Å²) in [6.45, 7) is 3.69. The Bertz CT molecular complexity index is 394. The second-order valence-corrected chi connectivity index (χ2v) is 6.47. The third-order valence-corrected chi connectivity index (χ3v) is 4.60. The van der Waals surface area contributed by atoms with E-state index in [0.717, 1.165) is 0 Å². The summed E-state index contributed by atoms with van der Waals surface area (Å²) in [6.07, 6.45) is 1.78. The number of carboxylic acids is 1. The third-order valence-electron chi connectivity index (χ3n) is 2.72. The van der Waals surface area contributed by atoms with Crippen LogP contribution in [0.2, 0.25) is 0 Å². The molecule has 2 saturated heterocycles. The highest BCUT2D eigenvalue weighted by Crippen LogP contribution is 2.49. The molecule has 2 aliphatic rings. The first-order valence-corrected chi connectivity index (χ1v) is 6.80. The van der Waals surface area contributed by atoms with Crippen LogP contribution in [0, 0.1) is 0 Å². The number of rotatable bonds is 2. The second-order valence-electron chi connectivity index (χ2n) is 4.19. The zero-order chi connectivity index (χ0) is 12.1. The van der Waals surface area contributed by atoms with Crippen LogP contribution < -0.4 is 0 Å². The molecule has 2 aliphatic heterocycles. The Morgan fingerprint density at radius 1 is 1.62 bits per heavy atom. The van der Waals surface area contributed by atoms with Crippen LogP contribution in [0.1, 0.15) is 13.8 Å². The number of amides is 1. The zero-order valence-electron chi connectivity index (χ0n) is 9.13. The molecule has 0 aliphatic carbocycles. The fourth-order valence-electron chi connectivity index (χ4n) is 2.06. The smallest absolute Gasteiger partial charge is 0.327 e. The Balaban J connectivity index is 2.32. The number of carbonyl (C=O) groups is 2. The average molecular weight is 260 g/mol. The molecule has 1 amide bonds. The highest BCUT2D eigenvalue weighted by Gasteiger charge is 2.62. The SMILES string of the molecule is CS/N=C1/C(=O)N2C1SC(C)(C)C2C(=O)O. The molecule has 16 heavy (non-hydrogen) atoms. The van der Waals surface area contributed by atoms with Gasteiger partial charge in [-0.05, 0) is 25.8 Å². The van der Waals surface area contributed by atoms with Crippen molar-refractivity contribution >= 4 is 41.3 Å². The van der Waals surface area contributed by atoms with Gasteiger partial charge in [0.2, 0.25) is 0 Å². The molecule has 5 nitrogen and oxygen atoms in total. The van der Waals surface area contributed by atoms with E-state index < -0.39 is 16.8 Å². The molecule has 0 aromatic heterocycles. The van der Waals surface area contributed by atoms with Crippen LogP contribution in [-0.4, -0.2) is 50.0 Å². The van der Waals surface area contributed by atoms with Gasteiger partial charge < -0.3 is 10.0 Å². The number of nitrogens with zero attached hydrogens (tertiary/aromatic N) is 2. The van der Waals surface area contributed by atoms with E-state index in [1.165, 1.54) is 28.6 Å². The van der Waals surface area contributed by atoms with Crippen molar-refractivity contribution in [2.24, 2.45) is 4.40 Å². The molecule has 0 aromatic rings. The maximum atomic E-state index is 11.7. The lowest BCUT2D eigenvalue weighted by atomic mass is 9.98. The van der Waals surface area contributed by atoms with Gasteiger partial charge in [0.15, 0.2) is 0 Å². The molecule has 0 spiro atoms.